The smallest absolute Gasteiger partial charge is 0.411 e. The second-order valence-corrected chi connectivity index (χ2v) is 6.39. The Morgan fingerprint density at radius 3 is 2.67 bits per heavy atom. The van der Waals surface area contributed by atoms with Crippen LogP contribution in [0.15, 0.2) is 29.2 Å². The third-order valence-corrected chi connectivity index (χ3v) is 4.56. The Bertz CT molecular complexity index is 579. The summed E-state index contributed by atoms with van der Waals surface area (Å²) in [7, 11) is -2.32. The maximum absolute atomic E-state index is 12.1. The molecular formula is C13H18N2O5S. The van der Waals surface area contributed by atoms with Gasteiger partial charge in [0.15, 0.2) is 0 Å². The lowest BCUT2D eigenvalue weighted by molar-refractivity contribution is 0.114. The van der Waals surface area contributed by atoms with Crippen LogP contribution in [0.2, 0.25) is 0 Å². The SMILES string of the molecule is COC(=O)Nc1ccc(S(=O)(=O)NC[C@@H]2CCCO2)cc1. The summed E-state index contributed by atoms with van der Waals surface area (Å²) in [5.74, 6) is 0. The summed E-state index contributed by atoms with van der Waals surface area (Å²) in [5, 5.41) is 2.45. The molecule has 21 heavy (non-hydrogen) atoms. The van der Waals surface area contributed by atoms with Crippen molar-refractivity contribution in [1.29, 1.82) is 0 Å². The predicted molar refractivity (Wildman–Crippen MR) is 76.6 cm³/mol. The number of sulfonamides is 1. The zero-order valence-corrected chi connectivity index (χ0v) is 12.5. The maximum Gasteiger partial charge on any atom is 0.411 e. The normalized spacial score (nSPS) is 18.4. The van der Waals surface area contributed by atoms with E-state index in [0.717, 1.165) is 12.8 Å². The molecule has 8 heteroatoms. The molecule has 2 rings (SSSR count). The zero-order chi connectivity index (χ0) is 15.3. The predicted octanol–water partition coefficient (Wildman–Crippen LogP) is 1.32. The van der Waals surface area contributed by atoms with Gasteiger partial charge < -0.3 is 9.47 Å². The topological polar surface area (TPSA) is 93.7 Å². The number of benzene rings is 1. The van der Waals surface area contributed by atoms with Crippen LogP contribution in [0, 0.1) is 0 Å². The molecule has 1 atom stereocenters. The molecule has 0 radical (unpaired) electrons. The fourth-order valence-corrected chi connectivity index (χ4v) is 3.04. The maximum atomic E-state index is 12.1. The molecule has 1 aromatic carbocycles. The van der Waals surface area contributed by atoms with Crippen LogP contribution in [0.4, 0.5) is 10.5 Å². The summed E-state index contributed by atoms with van der Waals surface area (Å²) < 4.78 is 36.5. The second-order valence-electron chi connectivity index (χ2n) is 4.63. The van der Waals surface area contributed by atoms with Gasteiger partial charge in [0.1, 0.15) is 0 Å². The van der Waals surface area contributed by atoms with E-state index in [9.17, 15) is 13.2 Å². The van der Waals surface area contributed by atoms with Gasteiger partial charge in [-0.1, -0.05) is 0 Å². The number of carbonyl (C=O) groups excluding carboxylic acids is 1. The molecule has 1 heterocycles. The van der Waals surface area contributed by atoms with E-state index in [0.29, 0.717) is 12.3 Å². The molecule has 1 aromatic rings. The van der Waals surface area contributed by atoms with Gasteiger partial charge in [0.25, 0.3) is 0 Å². The van der Waals surface area contributed by atoms with Gasteiger partial charge in [-0.05, 0) is 37.1 Å². The first-order chi connectivity index (χ1) is 10.0. The standard InChI is InChI=1S/C13H18N2O5S/c1-19-13(16)15-10-4-6-12(7-5-10)21(17,18)14-9-11-3-2-8-20-11/h4-7,11,14H,2-3,8-9H2,1H3,(H,15,16)/t11-/m0/s1. The van der Waals surface area contributed by atoms with E-state index in [2.05, 4.69) is 14.8 Å². The van der Waals surface area contributed by atoms with Crippen molar-refractivity contribution in [2.75, 3.05) is 25.6 Å². The molecule has 0 aromatic heterocycles. The van der Waals surface area contributed by atoms with Crippen LogP contribution < -0.4 is 10.0 Å². The van der Waals surface area contributed by atoms with Gasteiger partial charge in [0.2, 0.25) is 10.0 Å². The molecule has 1 fully saturated rings. The van der Waals surface area contributed by atoms with Crippen LogP contribution in [-0.2, 0) is 19.5 Å². The Balaban J connectivity index is 1.97. The highest BCUT2D eigenvalue weighted by Crippen LogP contribution is 2.15. The fraction of sp³-hybridized carbons (Fsp3) is 0.462. The van der Waals surface area contributed by atoms with Crippen LogP contribution in [0.3, 0.4) is 0 Å². The Kier molecular flexibility index (Phi) is 5.16. The van der Waals surface area contributed by atoms with Gasteiger partial charge in [-0.3, -0.25) is 5.32 Å². The van der Waals surface area contributed by atoms with Crippen molar-refractivity contribution in [3.05, 3.63) is 24.3 Å². The highest BCUT2D eigenvalue weighted by atomic mass is 32.2. The summed E-state index contributed by atoms with van der Waals surface area (Å²) >= 11 is 0. The first kappa shape index (κ1) is 15.7. The van der Waals surface area contributed by atoms with Gasteiger partial charge in [-0.25, -0.2) is 17.9 Å². The molecule has 0 saturated carbocycles. The number of anilines is 1. The number of amides is 1. The van der Waals surface area contributed by atoms with Crippen molar-refractivity contribution < 1.29 is 22.7 Å². The minimum Gasteiger partial charge on any atom is -0.453 e. The zero-order valence-electron chi connectivity index (χ0n) is 11.7. The lowest BCUT2D eigenvalue weighted by Crippen LogP contribution is -2.31. The van der Waals surface area contributed by atoms with Crippen molar-refractivity contribution in [3.8, 4) is 0 Å². The number of ether oxygens (including phenoxy) is 2. The number of hydrogen-bond donors (Lipinski definition) is 2. The molecule has 0 bridgehead atoms. The Morgan fingerprint density at radius 2 is 2.10 bits per heavy atom. The number of hydrogen-bond acceptors (Lipinski definition) is 5. The second kappa shape index (κ2) is 6.88. The van der Waals surface area contributed by atoms with Crippen LogP contribution >= 0.6 is 0 Å². The van der Waals surface area contributed by atoms with Gasteiger partial charge in [-0.15, -0.1) is 0 Å². The highest BCUT2D eigenvalue weighted by Gasteiger charge is 2.20. The third-order valence-electron chi connectivity index (χ3n) is 3.12. The quantitative estimate of drug-likeness (QED) is 0.855. The van der Waals surface area contributed by atoms with E-state index >= 15 is 0 Å². The van der Waals surface area contributed by atoms with Gasteiger partial charge in [0.05, 0.1) is 18.1 Å². The molecule has 1 saturated heterocycles. The molecule has 1 amide bonds. The van der Waals surface area contributed by atoms with E-state index in [-0.39, 0.29) is 17.5 Å². The number of methoxy groups -OCH3 is 1. The van der Waals surface area contributed by atoms with Crippen LogP contribution in [-0.4, -0.2) is 40.9 Å². The number of carbonyl (C=O) groups is 1. The Hall–Kier alpha value is -1.64. The van der Waals surface area contributed by atoms with Crippen molar-refractivity contribution in [1.82, 2.24) is 4.72 Å². The fourth-order valence-electron chi connectivity index (χ4n) is 1.98. The molecule has 1 aliphatic rings. The lowest BCUT2D eigenvalue weighted by Gasteiger charge is -2.11. The number of nitrogens with one attached hydrogen (secondary N) is 2. The Morgan fingerprint density at radius 1 is 1.38 bits per heavy atom. The highest BCUT2D eigenvalue weighted by molar-refractivity contribution is 7.89. The molecule has 116 valence electrons. The van der Waals surface area contributed by atoms with Crippen LogP contribution in [0.25, 0.3) is 0 Å². The molecule has 1 aliphatic heterocycles. The Labute approximate surface area is 123 Å². The molecule has 0 unspecified atom stereocenters. The summed E-state index contributed by atoms with van der Waals surface area (Å²) in [4.78, 5) is 11.2. The number of rotatable bonds is 5. The van der Waals surface area contributed by atoms with Gasteiger partial charge in [0, 0.05) is 18.8 Å². The van der Waals surface area contributed by atoms with Crippen LogP contribution in [0.1, 0.15) is 12.8 Å². The van der Waals surface area contributed by atoms with Crippen molar-refractivity contribution >= 4 is 21.8 Å². The summed E-state index contributed by atoms with van der Waals surface area (Å²) in [6.45, 7) is 0.949. The van der Waals surface area contributed by atoms with Gasteiger partial charge >= 0.3 is 6.09 Å². The summed E-state index contributed by atoms with van der Waals surface area (Å²) in [5.41, 5.74) is 0.458. The third kappa shape index (κ3) is 4.42. The average molecular weight is 314 g/mol. The van der Waals surface area contributed by atoms with Crippen molar-refractivity contribution in [2.24, 2.45) is 0 Å². The molecule has 7 nitrogen and oxygen atoms in total. The van der Waals surface area contributed by atoms with E-state index in [1.807, 2.05) is 0 Å². The van der Waals surface area contributed by atoms with Gasteiger partial charge in [-0.2, -0.15) is 0 Å². The van der Waals surface area contributed by atoms with Crippen LogP contribution in [0.5, 0.6) is 0 Å². The molecule has 0 spiro atoms. The van der Waals surface area contributed by atoms with E-state index < -0.39 is 16.1 Å². The first-order valence-electron chi connectivity index (χ1n) is 6.57. The van der Waals surface area contributed by atoms with Crippen molar-refractivity contribution in [2.45, 2.75) is 23.8 Å². The largest absolute Gasteiger partial charge is 0.453 e. The summed E-state index contributed by atoms with van der Waals surface area (Å²) in [6.07, 6.45) is 1.16. The van der Waals surface area contributed by atoms with Crippen molar-refractivity contribution in [3.63, 3.8) is 0 Å². The average Bonchev–Trinajstić information content (AvgIpc) is 2.99. The minimum atomic E-state index is -3.57. The minimum absolute atomic E-state index is 0.0555. The van der Waals surface area contributed by atoms with E-state index in [1.54, 1.807) is 0 Å². The van der Waals surface area contributed by atoms with E-state index in [4.69, 9.17) is 4.74 Å². The van der Waals surface area contributed by atoms with E-state index in [1.165, 1.54) is 31.4 Å². The monoisotopic (exact) mass is 314 g/mol. The first-order valence-corrected chi connectivity index (χ1v) is 8.06. The molecule has 2 N–H and O–H groups in total. The lowest BCUT2D eigenvalue weighted by atomic mass is 10.2. The molecular weight excluding hydrogens is 296 g/mol. The molecule has 0 aliphatic carbocycles. The summed E-state index contributed by atoms with van der Waals surface area (Å²) in [6, 6.07) is 5.83.